The van der Waals surface area contributed by atoms with Crippen LogP contribution in [0, 0.1) is 11.7 Å². The van der Waals surface area contributed by atoms with E-state index in [4.69, 9.17) is 11.6 Å². The number of anilines is 3. The lowest BCUT2D eigenvalue weighted by atomic mass is 10.1. The van der Waals surface area contributed by atoms with Crippen molar-refractivity contribution in [2.24, 2.45) is 5.92 Å². The molecule has 7 nitrogen and oxygen atoms in total. The number of nitrogens with one attached hydrogen (secondary N) is 2. The number of rotatable bonds is 8. The second-order valence-corrected chi connectivity index (χ2v) is 9.84. The molecule has 1 aliphatic rings. The van der Waals surface area contributed by atoms with Gasteiger partial charge in [-0.1, -0.05) is 11.6 Å². The minimum atomic E-state index is -0.472. The lowest BCUT2D eigenvalue weighted by Gasteiger charge is -2.16. The molecule has 176 valence electrons. The molecule has 1 aromatic heterocycles. The molecule has 0 bridgehead atoms. The van der Waals surface area contributed by atoms with Gasteiger partial charge in [-0.25, -0.2) is 9.37 Å². The van der Waals surface area contributed by atoms with Crippen LogP contribution in [0.2, 0.25) is 5.02 Å². The van der Waals surface area contributed by atoms with E-state index in [1.54, 1.807) is 29.2 Å². The van der Waals surface area contributed by atoms with Crippen molar-refractivity contribution in [1.82, 2.24) is 4.98 Å². The molecule has 1 fully saturated rings. The standard InChI is InChI=1S/C23H20ClFN4O3S2/c24-15-1-7-19(8-2-15)29-10-14(9-21(29)31)22(32)28-23-27-18(12-34-23)11-33-13-20(30)26-17-5-3-16(25)4-6-17/h1-8,12,14H,9-11,13H2,(H,26,30)(H,27,28,32). The smallest absolute Gasteiger partial charge is 0.234 e. The second kappa shape index (κ2) is 11.0. The summed E-state index contributed by atoms with van der Waals surface area (Å²) in [5.74, 6) is -0.694. The van der Waals surface area contributed by atoms with E-state index in [0.29, 0.717) is 33.8 Å². The molecule has 1 aliphatic heterocycles. The maximum absolute atomic E-state index is 12.9. The number of thiazole rings is 1. The first kappa shape index (κ1) is 24.2. The molecule has 4 rings (SSSR count). The monoisotopic (exact) mass is 518 g/mol. The van der Waals surface area contributed by atoms with E-state index in [1.807, 2.05) is 5.38 Å². The second-order valence-electron chi connectivity index (χ2n) is 7.56. The van der Waals surface area contributed by atoms with Crippen LogP contribution in [0.1, 0.15) is 12.1 Å². The predicted molar refractivity (Wildman–Crippen MR) is 134 cm³/mol. The van der Waals surface area contributed by atoms with Gasteiger partial charge in [0.15, 0.2) is 5.13 Å². The summed E-state index contributed by atoms with van der Waals surface area (Å²) in [6, 6.07) is 12.5. The molecule has 0 radical (unpaired) electrons. The van der Waals surface area contributed by atoms with Gasteiger partial charge in [-0.05, 0) is 48.5 Å². The zero-order valence-corrected chi connectivity index (χ0v) is 20.2. The fourth-order valence-electron chi connectivity index (χ4n) is 3.37. The van der Waals surface area contributed by atoms with Crippen LogP contribution in [-0.2, 0) is 20.1 Å². The van der Waals surface area contributed by atoms with Gasteiger partial charge in [0, 0.05) is 40.5 Å². The molecular weight excluding hydrogens is 499 g/mol. The number of nitrogens with zero attached hydrogens (tertiary/aromatic N) is 2. The van der Waals surface area contributed by atoms with E-state index in [1.165, 1.54) is 47.4 Å². The fraction of sp³-hybridized carbons (Fsp3) is 0.217. The third-order valence-electron chi connectivity index (χ3n) is 5.03. The Morgan fingerprint density at radius 2 is 1.88 bits per heavy atom. The average molecular weight is 519 g/mol. The van der Waals surface area contributed by atoms with Gasteiger partial charge in [0.2, 0.25) is 17.7 Å². The number of hydrogen-bond donors (Lipinski definition) is 2. The quantitative estimate of drug-likeness (QED) is 0.447. The highest BCUT2D eigenvalue weighted by atomic mass is 35.5. The number of carbonyl (C=O) groups is 3. The van der Waals surface area contributed by atoms with Crippen LogP contribution in [0.25, 0.3) is 0 Å². The van der Waals surface area contributed by atoms with E-state index in [-0.39, 0.29) is 35.7 Å². The van der Waals surface area contributed by atoms with Gasteiger partial charge in [0.25, 0.3) is 0 Å². The lowest BCUT2D eigenvalue weighted by molar-refractivity contribution is -0.122. The van der Waals surface area contributed by atoms with Crippen LogP contribution in [0.15, 0.2) is 53.9 Å². The third-order valence-corrected chi connectivity index (χ3v) is 7.05. The van der Waals surface area contributed by atoms with Gasteiger partial charge in [-0.2, -0.15) is 0 Å². The van der Waals surface area contributed by atoms with Gasteiger partial charge >= 0.3 is 0 Å². The Balaban J connectivity index is 1.23. The number of halogens is 2. The SMILES string of the molecule is O=C(CSCc1csc(NC(=O)C2CC(=O)N(c3ccc(Cl)cc3)C2)n1)Nc1ccc(F)cc1. The molecule has 3 amide bonds. The van der Waals surface area contributed by atoms with E-state index in [2.05, 4.69) is 15.6 Å². The number of carbonyl (C=O) groups excluding carboxylic acids is 3. The zero-order valence-electron chi connectivity index (χ0n) is 17.8. The molecule has 0 aliphatic carbocycles. The van der Waals surface area contributed by atoms with Crippen LogP contribution in [0.5, 0.6) is 0 Å². The van der Waals surface area contributed by atoms with Gasteiger partial charge in [-0.3, -0.25) is 14.4 Å². The number of hydrogen-bond acceptors (Lipinski definition) is 6. The van der Waals surface area contributed by atoms with Crippen molar-refractivity contribution < 1.29 is 18.8 Å². The highest BCUT2D eigenvalue weighted by molar-refractivity contribution is 7.99. The Bertz CT molecular complexity index is 1190. The van der Waals surface area contributed by atoms with Gasteiger partial charge in [0.05, 0.1) is 17.4 Å². The summed E-state index contributed by atoms with van der Waals surface area (Å²) in [4.78, 5) is 43.1. The summed E-state index contributed by atoms with van der Waals surface area (Å²) in [7, 11) is 0. The van der Waals surface area contributed by atoms with E-state index in [0.717, 1.165) is 5.69 Å². The molecule has 2 N–H and O–H groups in total. The first-order valence-electron chi connectivity index (χ1n) is 10.3. The molecule has 1 atom stereocenters. The average Bonchev–Trinajstić information content (AvgIpc) is 3.42. The predicted octanol–water partition coefficient (Wildman–Crippen LogP) is 4.80. The van der Waals surface area contributed by atoms with Crippen LogP contribution in [0.4, 0.5) is 20.9 Å². The van der Waals surface area contributed by atoms with Crippen molar-refractivity contribution in [1.29, 1.82) is 0 Å². The Kier molecular flexibility index (Phi) is 7.81. The van der Waals surface area contributed by atoms with Gasteiger partial charge < -0.3 is 15.5 Å². The summed E-state index contributed by atoms with van der Waals surface area (Å²) in [5.41, 5.74) is 1.98. The Morgan fingerprint density at radius 1 is 1.15 bits per heavy atom. The van der Waals surface area contributed by atoms with Crippen LogP contribution < -0.4 is 15.5 Å². The van der Waals surface area contributed by atoms with Crippen LogP contribution in [0.3, 0.4) is 0 Å². The van der Waals surface area contributed by atoms with Crippen molar-refractivity contribution in [2.75, 3.05) is 27.8 Å². The van der Waals surface area contributed by atoms with E-state index < -0.39 is 5.92 Å². The van der Waals surface area contributed by atoms with Gasteiger partial charge in [-0.15, -0.1) is 23.1 Å². The summed E-state index contributed by atoms with van der Waals surface area (Å²) >= 11 is 8.58. The molecule has 1 saturated heterocycles. The maximum atomic E-state index is 12.9. The first-order chi connectivity index (χ1) is 16.4. The van der Waals surface area contributed by atoms with Crippen molar-refractivity contribution in [3.05, 3.63) is 70.4 Å². The molecule has 0 spiro atoms. The lowest BCUT2D eigenvalue weighted by Crippen LogP contribution is -2.28. The van der Waals surface area contributed by atoms with Crippen molar-refractivity contribution in [3.63, 3.8) is 0 Å². The van der Waals surface area contributed by atoms with Gasteiger partial charge in [0.1, 0.15) is 5.82 Å². The topological polar surface area (TPSA) is 91.4 Å². The minimum absolute atomic E-state index is 0.113. The molecule has 0 saturated carbocycles. The Labute approximate surface area is 208 Å². The molecule has 34 heavy (non-hydrogen) atoms. The molecule has 11 heteroatoms. The largest absolute Gasteiger partial charge is 0.325 e. The number of aromatic nitrogens is 1. The number of thioether (sulfide) groups is 1. The van der Waals surface area contributed by atoms with Crippen molar-refractivity contribution in [3.8, 4) is 0 Å². The number of amides is 3. The van der Waals surface area contributed by atoms with E-state index >= 15 is 0 Å². The van der Waals surface area contributed by atoms with Crippen LogP contribution >= 0.6 is 34.7 Å². The molecular formula is C23H20ClFN4O3S2. The minimum Gasteiger partial charge on any atom is -0.325 e. The summed E-state index contributed by atoms with van der Waals surface area (Å²) in [6.07, 6.45) is 0.131. The normalized spacial score (nSPS) is 15.4. The highest BCUT2D eigenvalue weighted by Crippen LogP contribution is 2.28. The highest BCUT2D eigenvalue weighted by Gasteiger charge is 2.35. The summed E-state index contributed by atoms with van der Waals surface area (Å²) < 4.78 is 12.9. The third kappa shape index (κ3) is 6.34. The molecule has 2 heterocycles. The van der Waals surface area contributed by atoms with Crippen LogP contribution in [-0.4, -0.2) is 35.0 Å². The fourth-order valence-corrected chi connectivity index (χ4v) is 5.03. The van der Waals surface area contributed by atoms with Crippen molar-refractivity contribution in [2.45, 2.75) is 12.2 Å². The molecule has 3 aromatic rings. The Hall–Kier alpha value is -2.95. The van der Waals surface area contributed by atoms with Crippen molar-refractivity contribution >= 4 is 68.9 Å². The van der Waals surface area contributed by atoms with E-state index in [9.17, 15) is 18.8 Å². The molecule has 2 aromatic carbocycles. The first-order valence-corrected chi connectivity index (χ1v) is 12.7. The maximum Gasteiger partial charge on any atom is 0.234 e. The number of benzene rings is 2. The zero-order chi connectivity index (χ0) is 24.1. The summed E-state index contributed by atoms with van der Waals surface area (Å²) in [5, 5.41) is 8.34. The Morgan fingerprint density at radius 3 is 2.62 bits per heavy atom. The molecule has 1 unspecified atom stereocenters. The summed E-state index contributed by atoms with van der Waals surface area (Å²) in [6.45, 7) is 0.295.